The van der Waals surface area contributed by atoms with Gasteiger partial charge in [0, 0.05) is 17.2 Å². The highest BCUT2D eigenvalue weighted by molar-refractivity contribution is 6.49. The lowest BCUT2D eigenvalue weighted by Crippen LogP contribution is -2.35. The van der Waals surface area contributed by atoms with Gasteiger partial charge in [0.25, 0.3) is 5.91 Å². The Morgan fingerprint density at radius 2 is 1.39 bits per heavy atom. The fraction of sp³-hybridized carbons (Fsp3) is 0.273. The number of esters is 1. The van der Waals surface area contributed by atoms with Crippen molar-refractivity contribution in [2.45, 2.75) is 32.7 Å². The van der Waals surface area contributed by atoms with Gasteiger partial charge in [-0.15, -0.1) is 0 Å². The third-order valence-corrected chi connectivity index (χ3v) is 4.09. The van der Waals surface area contributed by atoms with Crippen LogP contribution in [0.25, 0.3) is 0 Å². The summed E-state index contributed by atoms with van der Waals surface area (Å²) < 4.78 is 4.98. The number of ketones is 2. The molecule has 1 atom stereocenters. The zero-order valence-electron chi connectivity index (χ0n) is 15.9. The third kappa shape index (κ3) is 5.87. The molecule has 6 nitrogen and oxygen atoms in total. The van der Waals surface area contributed by atoms with Crippen LogP contribution in [-0.2, 0) is 9.53 Å². The van der Waals surface area contributed by atoms with Gasteiger partial charge >= 0.3 is 5.97 Å². The molecule has 1 amide bonds. The Bertz CT molecular complexity index is 843. The molecule has 0 aliphatic carbocycles. The lowest BCUT2D eigenvalue weighted by molar-refractivity contribution is -0.124. The Hall–Kier alpha value is -3.28. The van der Waals surface area contributed by atoms with Crippen LogP contribution in [0.4, 0.5) is 0 Å². The minimum atomic E-state index is -0.674. The van der Waals surface area contributed by atoms with Crippen LogP contribution in [0.3, 0.4) is 0 Å². The molecule has 0 radical (unpaired) electrons. The topological polar surface area (TPSA) is 89.5 Å². The maximum absolute atomic E-state index is 12.3. The van der Waals surface area contributed by atoms with Crippen molar-refractivity contribution in [3.8, 4) is 0 Å². The van der Waals surface area contributed by atoms with Crippen LogP contribution >= 0.6 is 0 Å². The molecule has 0 aliphatic rings. The third-order valence-electron chi connectivity index (χ3n) is 4.09. The molecule has 0 heterocycles. The van der Waals surface area contributed by atoms with E-state index in [1.165, 1.54) is 24.3 Å². The number of amides is 1. The summed E-state index contributed by atoms with van der Waals surface area (Å²) in [6.45, 7) is 3.53. The molecule has 28 heavy (non-hydrogen) atoms. The average Bonchev–Trinajstić information content (AvgIpc) is 2.71. The van der Waals surface area contributed by atoms with Gasteiger partial charge in [-0.3, -0.25) is 14.4 Å². The Kier molecular flexibility index (Phi) is 7.63. The fourth-order valence-electron chi connectivity index (χ4n) is 2.65. The number of hydrogen-bond acceptors (Lipinski definition) is 5. The number of carbonyl (C=O) groups excluding carboxylic acids is 4. The molecule has 6 heteroatoms. The van der Waals surface area contributed by atoms with Crippen LogP contribution in [0.1, 0.15) is 57.8 Å². The number of Topliss-reactive ketones (excluding diaryl/α,β-unsaturated/α-hetero) is 2. The monoisotopic (exact) mass is 381 g/mol. The number of hydrogen-bond donors (Lipinski definition) is 1. The maximum atomic E-state index is 12.3. The lowest BCUT2D eigenvalue weighted by Gasteiger charge is -2.12. The predicted octanol–water partition coefficient (Wildman–Crippen LogP) is 3.21. The Labute approximate surface area is 163 Å². The van der Waals surface area contributed by atoms with Crippen molar-refractivity contribution in [2.75, 3.05) is 6.61 Å². The van der Waals surface area contributed by atoms with Gasteiger partial charge in [-0.25, -0.2) is 4.79 Å². The second-order valence-corrected chi connectivity index (χ2v) is 6.43. The molecule has 2 aromatic rings. The standard InChI is InChI=1S/C22H23NO5/c1-3-7-15(2)23-19(24)14-28-22(27)18-12-10-17(11-13-18)21(26)20(25)16-8-5-4-6-9-16/h4-6,8-13,15H,3,7,14H2,1-2H3,(H,23,24)/t15-/m0/s1. The molecule has 0 bridgehead atoms. The van der Waals surface area contributed by atoms with Crippen LogP contribution in [0.5, 0.6) is 0 Å². The molecule has 0 saturated heterocycles. The number of carbonyl (C=O) groups is 4. The number of ether oxygens (including phenoxy) is 1. The van der Waals surface area contributed by atoms with E-state index in [9.17, 15) is 19.2 Å². The number of benzene rings is 2. The zero-order chi connectivity index (χ0) is 20.5. The molecule has 1 N–H and O–H groups in total. The van der Waals surface area contributed by atoms with Crippen molar-refractivity contribution in [3.05, 3.63) is 71.3 Å². The van der Waals surface area contributed by atoms with Gasteiger partial charge in [0.15, 0.2) is 6.61 Å². The lowest BCUT2D eigenvalue weighted by atomic mass is 10.0. The Morgan fingerprint density at radius 1 is 0.857 bits per heavy atom. The van der Waals surface area contributed by atoms with Crippen LogP contribution in [0, 0.1) is 0 Å². The zero-order valence-corrected chi connectivity index (χ0v) is 15.9. The molecule has 0 spiro atoms. The molecular formula is C22H23NO5. The molecule has 0 saturated carbocycles. The molecule has 0 aromatic heterocycles. The minimum absolute atomic E-state index is 0.0173. The van der Waals surface area contributed by atoms with Crippen LogP contribution in [0.15, 0.2) is 54.6 Å². The highest BCUT2D eigenvalue weighted by atomic mass is 16.5. The Morgan fingerprint density at radius 3 is 1.96 bits per heavy atom. The maximum Gasteiger partial charge on any atom is 0.338 e. The van der Waals surface area contributed by atoms with Crippen molar-refractivity contribution in [3.63, 3.8) is 0 Å². The van der Waals surface area contributed by atoms with Gasteiger partial charge in [-0.2, -0.15) is 0 Å². The van der Waals surface area contributed by atoms with Gasteiger partial charge in [-0.1, -0.05) is 55.8 Å². The summed E-state index contributed by atoms with van der Waals surface area (Å²) in [7, 11) is 0. The molecule has 146 valence electrons. The summed E-state index contributed by atoms with van der Waals surface area (Å²) in [5.74, 6) is -2.31. The van der Waals surface area contributed by atoms with Gasteiger partial charge < -0.3 is 10.1 Å². The van der Waals surface area contributed by atoms with Gasteiger partial charge in [0.1, 0.15) is 0 Å². The largest absolute Gasteiger partial charge is 0.452 e. The predicted molar refractivity (Wildman–Crippen MR) is 104 cm³/mol. The van der Waals surface area contributed by atoms with E-state index in [1.54, 1.807) is 30.3 Å². The van der Waals surface area contributed by atoms with Gasteiger partial charge in [0.2, 0.25) is 11.6 Å². The summed E-state index contributed by atoms with van der Waals surface area (Å²) in [6, 6.07) is 13.8. The molecule has 2 rings (SSSR count). The van der Waals surface area contributed by atoms with E-state index in [0.717, 1.165) is 12.8 Å². The van der Waals surface area contributed by atoms with E-state index < -0.39 is 17.5 Å². The SMILES string of the molecule is CCC[C@H](C)NC(=O)COC(=O)c1ccc(C(=O)C(=O)c2ccccc2)cc1. The summed E-state index contributed by atoms with van der Waals surface area (Å²) in [5.41, 5.74) is 0.675. The van der Waals surface area contributed by atoms with Gasteiger partial charge in [0.05, 0.1) is 5.56 Å². The van der Waals surface area contributed by atoms with Crippen LogP contribution in [-0.4, -0.2) is 36.1 Å². The number of nitrogens with one attached hydrogen (secondary N) is 1. The van der Waals surface area contributed by atoms with Crippen molar-refractivity contribution in [1.82, 2.24) is 5.32 Å². The van der Waals surface area contributed by atoms with E-state index in [-0.39, 0.29) is 29.7 Å². The van der Waals surface area contributed by atoms with Crippen LogP contribution < -0.4 is 5.32 Å². The van der Waals surface area contributed by atoms with E-state index in [2.05, 4.69) is 5.32 Å². The first-order valence-electron chi connectivity index (χ1n) is 9.13. The van der Waals surface area contributed by atoms with Crippen molar-refractivity contribution >= 4 is 23.4 Å². The smallest absolute Gasteiger partial charge is 0.338 e. The minimum Gasteiger partial charge on any atom is -0.452 e. The number of rotatable bonds is 9. The summed E-state index contributed by atoms with van der Waals surface area (Å²) in [5, 5.41) is 2.74. The van der Waals surface area contributed by atoms with Crippen molar-refractivity contribution < 1.29 is 23.9 Å². The highest BCUT2D eigenvalue weighted by Gasteiger charge is 2.19. The van der Waals surface area contributed by atoms with E-state index >= 15 is 0 Å². The quantitative estimate of drug-likeness (QED) is 0.409. The average molecular weight is 381 g/mol. The first-order chi connectivity index (χ1) is 13.4. The molecule has 0 fully saturated rings. The van der Waals surface area contributed by atoms with Crippen molar-refractivity contribution in [2.24, 2.45) is 0 Å². The first kappa shape index (κ1) is 21.0. The molecular weight excluding hydrogens is 358 g/mol. The van der Waals surface area contributed by atoms with Gasteiger partial charge in [-0.05, 0) is 25.5 Å². The highest BCUT2D eigenvalue weighted by Crippen LogP contribution is 2.11. The Balaban J connectivity index is 1.92. The molecule has 2 aromatic carbocycles. The summed E-state index contributed by atoms with van der Waals surface area (Å²) in [6.07, 6.45) is 1.79. The van der Waals surface area contributed by atoms with E-state index in [4.69, 9.17) is 4.74 Å². The second kappa shape index (κ2) is 10.2. The van der Waals surface area contributed by atoms with E-state index in [0.29, 0.717) is 5.56 Å². The molecule has 0 unspecified atom stereocenters. The summed E-state index contributed by atoms with van der Waals surface area (Å²) >= 11 is 0. The van der Waals surface area contributed by atoms with Crippen LogP contribution in [0.2, 0.25) is 0 Å². The van der Waals surface area contributed by atoms with E-state index in [1.807, 2.05) is 13.8 Å². The fourth-order valence-corrected chi connectivity index (χ4v) is 2.65. The molecule has 0 aliphatic heterocycles. The summed E-state index contributed by atoms with van der Waals surface area (Å²) in [4.78, 5) is 48.3. The van der Waals surface area contributed by atoms with Crippen molar-refractivity contribution in [1.29, 1.82) is 0 Å². The normalized spacial score (nSPS) is 11.4. The second-order valence-electron chi connectivity index (χ2n) is 6.43. The first-order valence-corrected chi connectivity index (χ1v) is 9.13.